The Morgan fingerprint density at radius 2 is 2.29 bits per heavy atom. The number of ketones is 1. The molecule has 0 spiro atoms. The molecule has 0 aromatic heterocycles. The molecule has 1 saturated heterocycles. The van der Waals surface area contributed by atoms with Gasteiger partial charge in [-0.2, -0.15) is 0 Å². The quantitative estimate of drug-likeness (QED) is 0.667. The number of nitrogens with one attached hydrogen (secondary N) is 1. The largest absolute Gasteiger partial charge is 0.508 e. The lowest BCUT2D eigenvalue weighted by atomic mass is 10.0. The molecule has 1 N–H and O–H groups in total. The van der Waals surface area contributed by atoms with Gasteiger partial charge in [0.25, 0.3) is 0 Å². The number of methoxy groups -OCH3 is 1. The Balaban J connectivity index is 2.24. The van der Waals surface area contributed by atoms with Crippen molar-refractivity contribution in [3.63, 3.8) is 0 Å². The van der Waals surface area contributed by atoms with Gasteiger partial charge in [0.15, 0.2) is 5.78 Å². The standard InChI is InChI=1S/C15H17N3O3/c1-10-11(4-5-13(21-3)15(10)16-2)12(19)9-18-7-6-17-8-14(18)20/h4-5,17H,6-9H2,1,3H3. The zero-order valence-electron chi connectivity index (χ0n) is 12.1. The number of carbonyl (C=O) groups is 2. The summed E-state index contributed by atoms with van der Waals surface area (Å²) in [6.07, 6.45) is 0. The van der Waals surface area contributed by atoms with E-state index in [4.69, 9.17) is 11.3 Å². The Labute approximate surface area is 123 Å². The maximum atomic E-state index is 12.4. The third kappa shape index (κ3) is 3.03. The summed E-state index contributed by atoms with van der Waals surface area (Å²) < 4.78 is 5.12. The lowest BCUT2D eigenvalue weighted by Gasteiger charge is -2.27. The van der Waals surface area contributed by atoms with Crippen LogP contribution >= 0.6 is 0 Å². The van der Waals surface area contributed by atoms with Gasteiger partial charge in [-0.15, -0.1) is 0 Å². The minimum absolute atomic E-state index is 0.0467. The lowest BCUT2D eigenvalue weighted by molar-refractivity contribution is -0.131. The van der Waals surface area contributed by atoms with Gasteiger partial charge in [0.2, 0.25) is 11.6 Å². The van der Waals surface area contributed by atoms with Crippen molar-refractivity contribution >= 4 is 17.4 Å². The first kappa shape index (κ1) is 15.0. The predicted octanol–water partition coefficient (Wildman–Crippen LogP) is 1.17. The Bertz CT molecular complexity index is 619. The minimum atomic E-state index is -0.157. The molecule has 1 heterocycles. The van der Waals surface area contributed by atoms with Crippen molar-refractivity contribution in [2.24, 2.45) is 0 Å². The fourth-order valence-electron chi connectivity index (χ4n) is 2.35. The number of nitrogens with zero attached hydrogens (tertiary/aromatic N) is 2. The molecule has 1 aromatic rings. The predicted molar refractivity (Wildman–Crippen MR) is 77.8 cm³/mol. The highest BCUT2D eigenvalue weighted by molar-refractivity contribution is 6.02. The van der Waals surface area contributed by atoms with Gasteiger partial charge in [-0.3, -0.25) is 9.59 Å². The fourth-order valence-corrected chi connectivity index (χ4v) is 2.35. The van der Waals surface area contributed by atoms with Crippen LogP contribution in [0.1, 0.15) is 15.9 Å². The van der Waals surface area contributed by atoms with Crippen LogP contribution in [0.4, 0.5) is 5.69 Å². The van der Waals surface area contributed by atoms with E-state index in [2.05, 4.69) is 10.2 Å². The molecule has 1 aliphatic rings. The maximum absolute atomic E-state index is 12.4. The normalized spacial score (nSPS) is 14.7. The average Bonchev–Trinajstić information content (AvgIpc) is 2.49. The van der Waals surface area contributed by atoms with Crippen LogP contribution in [-0.2, 0) is 4.79 Å². The Morgan fingerprint density at radius 1 is 1.52 bits per heavy atom. The number of rotatable bonds is 4. The van der Waals surface area contributed by atoms with E-state index in [-0.39, 0.29) is 24.8 Å². The number of Topliss-reactive ketones (excluding diaryl/α,β-unsaturated/α-hetero) is 1. The number of carbonyl (C=O) groups excluding carboxylic acids is 2. The first-order valence-corrected chi connectivity index (χ1v) is 6.65. The molecule has 0 saturated carbocycles. The number of ether oxygens (including phenoxy) is 1. The second kappa shape index (κ2) is 6.37. The summed E-state index contributed by atoms with van der Waals surface area (Å²) in [5, 5.41) is 2.96. The van der Waals surface area contributed by atoms with E-state index in [0.29, 0.717) is 35.7 Å². The summed E-state index contributed by atoms with van der Waals surface area (Å²) in [7, 11) is 1.49. The molecule has 1 aromatic carbocycles. The van der Waals surface area contributed by atoms with Crippen LogP contribution in [0.5, 0.6) is 5.75 Å². The van der Waals surface area contributed by atoms with E-state index < -0.39 is 0 Å². The van der Waals surface area contributed by atoms with Crippen LogP contribution in [0.3, 0.4) is 0 Å². The number of piperazine rings is 1. The molecular formula is C15H17N3O3. The number of amides is 1. The fraction of sp³-hybridized carbons (Fsp3) is 0.400. The Hall–Kier alpha value is -2.39. The summed E-state index contributed by atoms with van der Waals surface area (Å²) in [6.45, 7) is 10.5. The number of hydrogen-bond acceptors (Lipinski definition) is 4. The van der Waals surface area contributed by atoms with Crippen molar-refractivity contribution < 1.29 is 14.3 Å². The molecule has 6 nitrogen and oxygen atoms in total. The van der Waals surface area contributed by atoms with Crippen molar-refractivity contribution in [3.05, 3.63) is 34.7 Å². The van der Waals surface area contributed by atoms with Crippen LogP contribution in [0, 0.1) is 13.5 Å². The monoisotopic (exact) mass is 287 g/mol. The average molecular weight is 287 g/mol. The molecule has 6 heteroatoms. The first-order valence-electron chi connectivity index (χ1n) is 6.65. The first-order chi connectivity index (χ1) is 10.1. The SMILES string of the molecule is [C-]#[N+]c1c(OC)ccc(C(=O)CN2CCNCC2=O)c1C. The van der Waals surface area contributed by atoms with Gasteiger partial charge in [-0.05, 0) is 18.6 Å². The highest BCUT2D eigenvalue weighted by Gasteiger charge is 2.22. The molecule has 0 atom stereocenters. The lowest BCUT2D eigenvalue weighted by Crippen LogP contribution is -2.49. The molecule has 21 heavy (non-hydrogen) atoms. The molecule has 110 valence electrons. The number of benzene rings is 1. The molecule has 0 bridgehead atoms. The van der Waals surface area contributed by atoms with Crippen molar-refractivity contribution in [3.8, 4) is 5.75 Å². The topological polar surface area (TPSA) is 63.0 Å². The van der Waals surface area contributed by atoms with Gasteiger partial charge in [0.05, 0.1) is 26.8 Å². The highest BCUT2D eigenvalue weighted by Crippen LogP contribution is 2.33. The maximum Gasteiger partial charge on any atom is 0.236 e. The molecule has 0 unspecified atom stereocenters. The van der Waals surface area contributed by atoms with Crippen molar-refractivity contribution in [1.82, 2.24) is 10.2 Å². The Kier molecular flexibility index (Phi) is 4.55. The van der Waals surface area contributed by atoms with Gasteiger partial charge < -0.3 is 15.0 Å². The Morgan fingerprint density at radius 3 is 2.90 bits per heavy atom. The summed E-state index contributed by atoms with van der Waals surface area (Å²) in [5.74, 6) is 0.221. The van der Waals surface area contributed by atoms with Gasteiger partial charge >= 0.3 is 0 Å². The van der Waals surface area contributed by atoms with Gasteiger partial charge in [-0.25, -0.2) is 4.85 Å². The minimum Gasteiger partial charge on any atom is -0.508 e. The highest BCUT2D eigenvalue weighted by atomic mass is 16.5. The van der Waals surface area contributed by atoms with Crippen molar-refractivity contribution in [2.45, 2.75) is 6.92 Å². The van der Waals surface area contributed by atoms with E-state index in [1.54, 1.807) is 24.0 Å². The van der Waals surface area contributed by atoms with Crippen molar-refractivity contribution in [1.29, 1.82) is 0 Å². The second-order valence-electron chi connectivity index (χ2n) is 4.82. The third-order valence-electron chi connectivity index (χ3n) is 3.55. The molecule has 0 radical (unpaired) electrons. The van der Waals surface area contributed by atoms with Crippen LogP contribution in [-0.4, -0.2) is 49.9 Å². The van der Waals surface area contributed by atoms with Crippen LogP contribution in [0.25, 0.3) is 4.85 Å². The van der Waals surface area contributed by atoms with Gasteiger partial charge in [0, 0.05) is 18.7 Å². The van der Waals surface area contributed by atoms with Crippen LogP contribution in [0.2, 0.25) is 0 Å². The van der Waals surface area contributed by atoms with Crippen molar-refractivity contribution in [2.75, 3.05) is 33.3 Å². The van der Waals surface area contributed by atoms with Gasteiger partial charge in [-0.1, -0.05) is 6.07 Å². The van der Waals surface area contributed by atoms with E-state index in [9.17, 15) is 9.59 Å². The summed E-state index contributed by atoms with van der Waals surface area (Å²) in [6, 6.07) is 3.27. The van der Waals surface area contributed by atoms with Crippen LogP contribution < -0.4 is 10.1 Å². The third-order valence-corrected chi connectivity index (χ3v) is 3.55. The van der Waals surface area contributed by atoms with Gasteiger partial charge in [0.1, 0.15) is 5.75 Å². The van der Waals surface area contributed by atoms with E-state index in [1.165, 1.54) is 7.11 Å². The van der Waals surface area contributed by atoms with Crippen LogP contribution in [0.15, 0.2) is 12.1 Å². The summed E-state index contributed by atoms with van der Waals surface area (Å²) in [5.41, 5.74) is 1.40. The van der Waals surface area contributed by atoms with E-state index in [1.807, 2.05) is 0 Å². The zero-order valence-corrected chi connectivity index (χ0v) is 12.1. The van der Waals surface area contributed by atoms with E-state index >= 15 is 0 Å². The molecule has 1 aliphatic heterocycles. The molecule has 2 rings (SSSR count). The molecule has 1 fully saturated rings. The molecule has 0 aliphatic carbocycles. The number of hydrogen-bond donors (Lipinski definition) is 1. The summed E-state index contributed by atoms with van der Waals surface area (Å²) in [4.78, 5) is 29.1. The molecular weight excluding hydrogens is 270 g/mol. The molecule has 1 amide bonds. The van der Waals surface area contributed by atoms with E-state index in [0.717, 1.165) is 0 Å². The zero-order chi connectivity index (χ0) is 15.4. The second-order valence-corrected chi connectivity index (χ2v) is 4.82. The smallest absolute Gasteiger partial charge is 0.236 e. The summed E-state index contributed by atoms with van der Waals surface area (Å²) >= 11 is 0.